The van der Waals surface area contributed by atoms with Gasteiger partial charge in [0, 0.05) is 18.7 Å². The molecular weight excluding hydrogens is 432 g/mol. The Morgan fingerprint density at radius 2 is 1.84 bits per heavy atom. The fourth-order valence-corrected chi connectivity index (χ4v) is 4.81. The van der Waals surface area contributed by atoms with Crippen molar-refractivity contribution in [2.24, 2.45) is 5.92 Å². The zero-order valence-corrected chi connectivity index (χ0v) is 17.5. The zero-order valence-electron chi connectivity index (χ0n) is 16.7. The van der Waals surface area contributed by atoms with E-state index < -0.39 is 45.9 Å². The highest BCUT2D eigenvalue weighted by Gasteiger charge is 2.34. The number of piperidine rings is 1. The van der Waals surface area contributed by atoms with Crippen molar-refractivity contribution in [1.29, 1.82) is 0 Å². The van der Waals surface area contributed by atoms with Crippen LogP contribution in [0.1, 0.15) is 23.2 Å². The molecule has 1 unspecified atom stereocenters. The molecule has 3 rings (SSSR count). The molecule has 2 aromatic carbocycles. The Hall–Kier alpha value is -2.85. The summed E-state index contributed by atoms with van der Waals surface area (Å²) < 4.78 is 63.4. The van der Waals surface area contributed by atoms with Gasteiger partial charge in [-0.25, -0.2) is 17.2 Å². The third kappa shape index (κ3) is 5.26. The largest absolute Gasteiger partial charge is 0.494 e. The van der Waals surface area contributed by atoms with Gasteiger partial charge in [0.05, 0.1) is 17.9 Å². The van der Waals surface area contributed by atoms with Gasteiger partial charge >= 0.3 is 5.97 Å². The number of benzene rings is 2. The van der Waals surface area contributed by atoms with Crippen LogP contribution in [0.5, 0.6) is 5.75 Å². The van der Waals surface area contributed by atoms with Gasteiger partial charge in [-0.05, 0) is 55.3 Å². The van der Waals surface area contributed by atoms with Gasteiger partial charge < -0.3 is 9.47 Å². The van der Waals surface area contributed by atoms with E-state index in [4.69, 9.17) is 9.47 Å². The minimum Gasteiger partial charge on any atom is -0.494 e. The molecule has 1 aliphatic rings. The van der Waals surface area contributed by atoms with Crippen molar-refractivity contribution in [3.05, 3.63) is 59.7 Å². The molecule has 0 bridgehead atoms. The first-order chi connectivity index (χ1) is 14.7. The van der Waals surface area contributed by atoms with Gasteiger partial charge in [0.1, 0.15) is 5.82 Å². The Morgan fingerprint density at radius 1 is 1.13 bits per heavy atom. The van der Waals surface area contributed by atoms with Crippen LogP contribution in [-0.2, 0) is 19.6 Å². The van der Waals surface area contributed by atoms with Crippen LogP contribution in [0.4, 0.5) is 8.78 Å². The summed E-state index contributed by atoms with van der Waals surface area (Å²) in [5, 5.41) is 0. The molecule has 0 radical (unpaired) electrons. The summed E-state index contributed by atoms with van der Waals surface area (Å²) in [7, 11) is -2.60. The van der Waals surface area contributed by atoms with Crippen LogP contribution in [0, 0.1) is 17.6 Å². The van der Waals surface area contributed by atoms with E-state index >= 15 is 0 Å². The molecule has 2 aromatic rings. The van der Waals surface area contributed by atoms with Crippen molar-refractivity contribution in [3.8, 4) is 5.75 Å². The Bertz CT molecular complexity index is 1070. The summed E-state index contributed by atoms with van der Waals surface area (Å²) in [5.41, 5.74) is 0.0234. The normalized spacial score (nSPS) is 17.2. The van der Waals surface area contributed by atoms with Crippen LogP contribution < -0.4 is 4.74 Å². The van der Waals surface area contributed by atoms with Crippen LogP contribution >= 0.6 is 0 Å². The van der Waals surface area contributed by atoms with E-state index in [0.717, 1.165) is 22.5 Å². The lowest BCUT2D eigenvalue weighted by molar-refractivity contribution is -0.148. The molecular formula is C21H21F2NO6S. The molecule has 10 heteroatoms. The summed E-state index contributed by atoms with van der Waals surface area (Å²) in [6.07, 6.45) is 0.831. The second kappa shape index (κ2) is 9.52. The smallest absolute Gasteiger partial charge is 0.310 e. The third-order valence-electron chi connectivity index (χ3n) is 4.99. The zero-order chi connectivity index (χ0) is 22.6. The number of ketones is 1. The van der Waals surface area contributed by atoms with E-state index in [-0.39, 0.29) is 29.3 Å². The molecule has 0 aromatic heterocycles. The first-order valence-corrected chi connectivity index (χ1v) is 11.0. The van der Waals surface area contributed by atoms with Crippen LogP contribution in [0.25, 0.3) is 0 Å². The molecule has 166 valence electrons. The average Bonchev–Trinajstić information content (AvgIpc) is 2.77. The Labute approximate surface area is 178 Å². The van der Waals surface area contributed by atoms with E-state index in [1.54, 1.807) is 0 Å². The van der Waals surface area contributed by atoms with Gasteiger partial charge in [0.25, 0.3) is 0 Å². The van der Waals surface area contributed by atoms with Gasteiger partial charge in [0.15, 0.2) is 24.0 Å². The molecule has 1 fully saturated rings. The lowest BCUT2D eigenvalue weighted by Crippen LogP contribution is -2.43. The van der Waals surface area contributed by atoms with Crippen molar-refractivity contribution < 1.29 is 36.3 Å². The molecule has 0 aliphatic carbocycles. The number of esters is 1. The second-order valence-corrected chi connectivity index (χ2v) is 8.97. The molecule has 1 saturated heterocycles. The summed E-state index contributed by atoms with van der Waals surface area (Å²) in [6, 6.07) is 8.08. The molecule has 31 heavy (non-hydrogen) atoms. The highest BCUT2D eigenvalue weighted by atomic mass is 32.2. The minimum atomic E-state index is -3.89. The number of rotatable bonds is 7. The lowest BCUT2D eigenvalue weighted by atomic mass is 10.00. The average molecular weight is 453 g/mol. The van der Waals surface area contributed by atoms with E-state index in [9.17, 15) is 26.8 Å². The van der Waals surface area contributed by atoms with Gasteiger partial charge in [-0.2, -0.15) is 4.31 Å². The summed E-state index contributed by atoms with van der Waals surface area (Å²) in [6.45, 7) is -0.483. The first-order valence-electron chi connectivity index (χ1n) is 9.51. The quantitative estimate of drug-likeness (QED) is 0.473. The van der Waals surface area contributed by atoms with Crippen LogP contribution in [0.15, 0.2) is 47.4 Å². The van der Waals surface area contributed by atoms with Crippen LogP contribution in [0.2, 0.25) is 0 Å². The Kier molecular flexibility index (Phi) is 7.01. The number of nitrogens with zero attached hydrogens (tertiary/aromatic N) is 1. The van der Waals surface area contributed by atoms with Crippen LogP contribution in [-0.4, -0.2) is 51.3 Å². The predicted octanol–water partition coefficient (Wildman–Crippen LogP) is 2.80. The van der Waals surface area contributed by atoms with Crippen molar-refractivity contribution in [3.63, 3.8) is 0 Å². The molecule has 1 atom stereocenters. The van der Waals surface area contributed by atoms with Crippen molar-refractivity contribution in [2.75, 3.05) is 26.8 Å². The molecule has 0 spiro atoms. The fraction of sp³-hybridized carbons (Fsp3) is 0.333. The first kappa shape index (κ1) is 22.8. The lowest BCUT2D eigenvalue weighted by Gasteiger charge is -2.30. The maximum atomic E-state index is 13.7. The minimum absolute atomic E-state index is 0.0156. The number of carbonyl (C=O) groups is 2. The molecule has 0 N–H and O–H groups in total. The van der Waals surface area contributed by atoms with E-state index in [1.165, 1.54) is 31.4 Å². The highest BCUT2D eigenvalue weighted by molar-refractivity contribution is 7.89. The maximum Gasteiger partial charge on any atom is 0.310 e. The molecule has 7 nitrogen and oxygen atoms in total. The van der Waals surface area contributed by atoms with Gasteiger partial charge in [0.2, 0.25) is 10.0 Å². The van der Waals surface area contributed by atoms with Crippen molar-refractivity contribution in [2.45, 2.75) is 17.7 Å². The van der Waals surface area contributed by atoms with Gasteiger partial charge in [-0.3, -0.25) is 9.59 Å². The maximum absolute atomic E-state index is 13.7. The highest BCUT2D eigenvalue weighted by Crippen LogP contribution is 2.25. The number of carbonyl (C=O) groups excluding carboxylic acids is 2. The SMILES string of the molecule is COc1ccc(C(=O)COC(=O)C2CCCN(S(=O)(=O)c3ccc(F)cc3)C2)cc1F. The summed E-state index contributed by atoms with van der Waals surface area (Å²) >= 11 is 0. The molecule has 1 heterocycles. The monoisotopic (exact) mass is 453 g/mol. The van der Waals surface area contributed by atoms with Crippen molar-refractivity contribution >= 4 is 21.8 Å². The third-order valence-corrected chi connectivity index (χ3v) is 6.87. The molecule has 0 saturated carbocycles. The van der Waals surface area contributed by atoms with Crippen LogP contribution in [0.3, 0.4) is 0 Å². The van der Waals surface area contributed by atoms with E-state index in [2.05, 4.69) is 0 Å². The molecule has 0 amide bonds. The topological polar surface area (TPSA) is 90.0 Å². The predicted molar refractivity (Wildman–Crippen MR) is 106 cm³/mol. The number of hydrogen-bond acceptors (Lipinski definition) is 6. The van der Waals surface area contributed by atoms with Gasteiger partial charge in [-0.1, -0.05) is 0 Å². The summed E-state index contributed by atoms with van der Waals surface area (Å²) in [4.78, 5) is 24.5. The van der Waals surface area contributed by atoms with Gasteiger partial charge in [-0.15, -0.1) is 0 Å². The Balaban J connectivity index is 1.61. The second-order valence-electron chi connectivity index (χ2n) is 7.04. The van der Waals surface area contributed by atoms with E-state index in [0.29, 0.717) is 12.8 Å². The number of Topliss-reactive ketones (excluding diaryl/α,β-unsaturated/α-hetero) is 1. The number of ether oxygens (including phenoxy) is 2. The van der Waals surface area contributed by atoms with E-state index in [1.807, 2.05) is 0 Å². The molecule has 1 aliphatic heterocycles. The Morgan fingerprint density at radius 3 is 2.48 bits per heavy atom. The van der Waals surface area contributed by atoms with Crippen molar-refractivity contribution in [1.82, 2.24) is 4.31 Å². The standard InChI is InChI=1S/C21H21F2NO6S/c1-29-20-9-4-14(11-18(20)23)19(25)13-30-21(26)15-3-2-10-24(12-15)31(27,28)17-7-5-16(22)6-8-17/h4-9,11,15H,2-3,10,12-13H2,1H3. The number of halogens is 2. The number of hydrogen-bond donors (Lipinski definition) is 0. The fourth-order valence-electron chi connectivity index (χ4n) is 3.29. The number of methoxy groups -OCH3 is 1. The summed E-state index contributed by atoms with van der Waals surface area (Å²) in [5.74, 6) is -3.33. The number of sulfonamides is 1.